The second kappa shape index (κ2) is 6.08. The van der Waals surface area contributed by atoms with E-state index in [0.717, 1.165) is 19.3 Å². The van der Waals surface area contributed by atoms with Crippen LogP contribution in [0.2, 0.25) is 0 Å². The molecule has 1 aliphatic carbocycles. The van der Waals surface area contributed by atoms with Crippen LogP contribution in [0.25, 0.3) is 11.0 Å². The van der Waals surface area contributed by atoms with E-state index in [1.54, 1.807) is 28.8 Å². The van der Waals surface area contributed by atoms with E-state index in [-0.39, 0.29) is 24.0 Å². The Hall–Kier alpha value is -3.09. The predicted molar refractivity (Wildman–Crippen MR) is 94.5 cm³/mol. The summed E-state index contributed by atoms with van der Waals surface area (Å²) in [6.07, 6.45) is 8.37. The lowest BCUT2D eigenvalue weighted by molar-refractivity contribution is 0.457. The molecule has 1 aliphatic rings. The Balaban J connectivity index is 2.01. The summed E-state index contributed by atoms with van der Waals surface area (Å²) in [5.74, 6) is 0.830. The van der Waals surface area contributed by atoms with Crippen molar-refractivity contribution in [2.24, 2.45) is 0 Å². The summed E-state index contributed by atoms with van der Waals surface area (Å²) < 4.78 is 8.08. The minimum Gasteiger partial charge on any atom is -0.467 e. The molecule has 3 aromatic heterocycles. The van der Waals surface area contributed by atoms with Crippen molar-refractivity contribution in [2.75, 3.05) is 5.73 Å². The Morgan fingerprint density at radius 1 is 1.28 bits per heavy atom. The number of nitrogen functional groups attached to an aromatic ring is 1. The fraction of sp³-hybridized carbons (Fsp3) is 0.278. The molecule has 25 heavy (non-hydrogen) atoms. The zero-order valence-electron chi connectivity index (χ0n) is 13.6. The molecular weight excluding hydrogens is 320 g/mol. The minimum atomic E-state index is -0.399. The zero-order chi connectivity index (χ0) is 17.4. The third kappa shape index (κ3) is 2.67. The van der Waals surface area contributed by atoms with Gasteiger partial charge in [-0.2, -0.15) is 0 Å². The molecule has 3 heterocycles. The molecule has 0 saturated carbocycles. The van der Waals surface area contributed by atoms with E-state index in [9.17, 15) is 9.59 Å². The maximum Gasteiger partial charge on any atom is 0.333 e. The van der Waals surface area contributed by atoms with Crippen LogP contribution in [0.5, 0.6) is 0 Å². The molecule has 2 N–H and O–H groups in total. The average Bonchev–Trinajstić information content (AvgIpc) is 3.13. The molecule has 3 aromatic rings. The molecule has 7 nitrogen and oxygen atoms in total. The van der Waals surface area contributed by atoms with Crippen molar-refractivity contribution >= 4 is 16.9 Å². The van der Waals surface area contributed by atoms with E-state index in [2.05, 4.69) is 11.1 Å². The summed E-state index contributed by atoms with van der Waals surface area (Å²) in [4.78, 5) is 30.2. The summed E-state index contributed by atoms with van der Waals surface area (Å²) in [5.41, 5.74) is 5.35. The van der Waals surface area contributed by atoms with Gasteiger partial charge in [0.2, 0.25) is 0 Å². The molecule has 0 fully saturated rings. The molecule has 128 valence electrons. The van der Waals surface area contributed by atoms with Gasteiger partial charge in [0, 0.05) is 0 Å². The van der Waals surface area contributed by atoms with E-state index in [0.29, 0.717) is 16.8 Å². The molecule has 0 saturated heterocycles. The quantitative estimate of drug-likeness (QED) is 0.738. The van der Waals surface area contributed by atoms with Gasteiger partial charge in [-0.15, -0.1) is 0 Å². The fourth-order valence-electron chi connectivity index (χ4n) is 3.27. The highest BCUT2D eigenvalue weighted by Crippen LogP contribution is 2.23. The molecule has 4 rings (SSSR count). The first-order valence-corrected chi connectivity index (χ1v) is 8.26. The average molecular weight is 338 g/mol. The molecule has 0 aromatic carbocycles. The number of furan rings is 1. The van der Waals surface area contributed by atoms with Crippen molar-refractivity contribution in [3.8, 4) is 0 Å². The molecule has 7 heteroatoms. The molecule has 1 atom stereocenters. The summed E-state index contributed by atoms with van der Waals surface area (Å²) in [7, 11) is 0. The molecule has 1 unspecified atom stereocenters. The van der Waals surface area contributed by atoms with E-state index in [1.807, 2.05) is 6.08 Å². The third-order valence-electron chi connectivity index (χ3n) is 4.49. The first kappa shape index (κ1) is 15.4. The Morgan fingerprint density at radius 2 is 2.16 bits per heavy atom. The monoisotopic (exact) mass is 338 g/mol. The van der Waals surface area contributed by atoms with Gasteiger partial charge in [-0.3, -0.25) is 13.9 Å². The summed E-state index contributed by atoms with van der Waals surface area (Å²) >= 11 is 0. The maximum atomic E-state index is 13.1. The molecule has 0 aliphatic heterocycles. The number of nitrogens with two attached hydrogens (primary N) is 1. The van der Waals surface area contributed by atoms with Gasteiger partial charge in [-0.1, -0.05) is 12.2 Å². The van der Waals surface area contributed by atoms with Gasteiger partial charge in [0.15, 0.2) is 5.65 Å². The van der Waals surface area contributed by atoms with Crippen LogP contribution >= 0.6 is 0 Å². The van der Waals surface area contributed by atoms with Gasteiger partial charge < -0.3 is 10.2 Å². The highest BCUT2D eigenvalue weighted by Gasteiger charge is 2.21. The van der Waals surface area contributed by atoms with Gasteiger partial charge in [-0.25, -0.2) is 9.78 Å². The normalized spacial score (nSPS) is 17.2. The lowest BCUT2D eigenvalue weighted by Gasteiger charge is -2.22. The Kier molecular flexibility index (Phi) is 3.76. The van der Waals surface area contributed by atoms with Crippen molar-refractivity contribution in [2.45, 2.75) is 31.8 Å². The van der Waals surface area contributed by atoms with E-state index < -0.39 is 5.69 Å². The van der Waals surface area contributed by atoms with Crippen molar-refractivity contribution in [3.63, 3.8) is 0 Å². The lowest BCUT2D eigenvalue weighted by atomic mass is 10.0. The summed E-state index contributed by atoms with van der Waals surface area (Å²) in [6, 6.07) is 6.53. The van der Waals surface area contributed by atoms with Crippen molar-refractivity contribution < 1.29 is 4.42 Å². The van der Waals surface area contributed by atoms with Crippen LogP contribution in [0.15, 0.2) is 56.7 Å². The zero-order valence-corrected chi connectivity index (χ0v) is 13.6. The van der Waals surface area contributed by atoms with Gasteiger partial charge in [0.1, 0.15) is 11.6 Å². The number of nitrogens with zero attached hydrogens (tertiary/aromatic N) is 3. The Labute approximate surface area is 143 Å². The number of hydrogen-bond donors (Lipinski definition) is 1. The molecule has 0 spiro atoms. The maximum absolute atomic E-state index is 13.1. The molecule has 0 amide bonds. The minimum absolute atomic E-state index is 0.0847. The first-order chi connectivity index (χ1) is 12.1. The van der Waals surface area contributed by atoms with E-state index in [4.69, 9.17) is 10.2 Å². The van der Waals surface area contributed by atoms with Crippen LogP contribution in [0, 0.1) is 0 Å². The topological polar surface area (TPSA) is 96.0 Å². The van der Waals surface area contributed by atoms with Crippen molar-refractivity contribution in [3.05, 3.63) is 69.3 Å². The second-order valence-corrected chi connectivity index (χ2v) is 6.16. The van der Waals surface area contributed by atoms with Gasteiger partial charge >= 0.3 is 5.69 Å². The molecular formula is C18H18N4O3. The number of hydrogen-bond acceptors (Lipinski definition) is 5. The number of anilines is 1. The summed E-state index contributed by atoms with van der Waals surface area (Å²) in [6.45, 7) is 0.0847. The van der Waals surface area contributed by atoms with Gasteiger partial charge in [0.25, 0.3) is 5.56 Å². The van der Waals surface area contributed by atoms with Gasteiger partial charge in [0.05, 0.1) is 24.2 Å². The largest absolute Gasteiger partial charge is 0.467 e. The van der Waals surface area contributed by atoms with Crippen LogP contribution < -0.4 is 17.0 Å². The Morgan fingerprint density at radius 3 is 2.88 bits per heavy atom. The van der Waals surface area contributed by atoms with Gasteiger partial charge in [-0.05, 0) is 43.5 Å². The Bertz CT molecular complexity index is 1060. The highest BCUT2D eigenvalue weighted by molar-refractivity contribution is 5.75. The lowest BCUT2D eigenvalue weighted by Crippen LogP contribution is -2.42. The number of fused-ring (bicyclic) bond motifs is 1. The van der Waals surface area contributed by atoms with Crippen LogP contribution in [-0.2, 0) is 6.54 Å². The van der Waals surface area contributed by atoms with Crippen molar-refractivity contribution in [1.29, 1.82) is 0 Å². The SMILES string of the molecule is Nc1ccc2c(=O)n(Cc3ccco3)c(=O)n(C3C=CCCC3)c2n1. The first-order valence-electron chi connectivity index (χ1n) is 8.26. The van der Waals surface area contributed by atoms with Crippen LogP contribution in [0.4, 0.5) is 5.82 Å². The number of pyridine rings is 1. The third-order valence-corrected chi connectivity index (χ3v) is 4.49. The van der Waals surface area contributed by atoms with E-state index in [1.165, 1.54) is 10.8 Å². The van der Waals surface area contributed by atoms with Crippen molar-refractivity contribution in [1.82, 2.24) is 14.1 Å². The van der Waals surface area contributed by atoms with Crippen LogP contribution in [-0.4, -0.2) is 14.1 Å². The smallest absolute Gasteiger partial charge is 0.333 e. The fourth-order valence-corrected chi connectivity index (χ4v) is 3.27. The molecule has 0 radical (unpaired) electrons. The van der Waals surface area contributed by atoms with E-state index >= 15 is 0 Å². The standard InChI is InChI=1S/C18H18N4O3/c19-15-9-8-14-16(20-15)22(12-5-2-1-3-6-12)18(24)21(17(14)23)11-13-7-4-10-25-13/h2,4-5,7-10,12H,1,3,6,11H2,(H2,19,20). The van der Waals surface area contributed by atoms with Crippen LogP contribution in [0.3, 0.4) is 0 Å². The highest BCUT2D eigenvalue weighted by atomic mass is 16.3. The number of allylic oxidation sites excluding steroid dienone is 2. The number of rotatable bonds is 3. The molecule has 0 bridgehead atoms. The van der Waals surface area contributed by atoms with Crippen LogP contribution in [0.1, 0.15) is 31.1 Å². The second-order valence-electron chi connectivity index (χ2n) is 6.16. The summed E-state index contributed by atoms with van der Waals surface area (Å²) in [5, 5.41) is 0.374. The predicted octanol–water partition coefficient (Wildman–Crippen LogP) is 2.06. The number of aromatic nitrogens is 3.